The summed E-state index contributed by atoms with van der Waals surface area (Å²) in [5.41, 5.74) is 0.702. The van der Waals surface area contributed by atoms with Gasteiger partial charge in [-0.2, -0.15) is 0 Å². The van der Waals surface area contributed by atoms with Gasteiger partial charge in [0.1, 0.15) is 10.7 Å². The number of thiazole rings is 1. The summed E-state index contributed by atoms with van der Waals surface area (Å²) in [5, 5.41) is 2.02. The van der Waals surface area contributed by atoms with E-state index in [0.717, 1.165) is 6.07 Å². The highest BCUT2D eigenvalue weighted by Gasteiger charge is 2.14. The van der Waals surface area contributed by atoms with Gasteiger partial charge in [-0.05, 0) is 28.1 Å². The second kappa shape index (κ2) is 4.39. The molecule has 2 nitrogen and oxygen atoms in total. The molecule has 0 spiro atoms. The standard InChI is InChI=1S/C10H4BrF2NOS/c11-8-6(1-2-7(12)9(8)13)10-14-5(3-15)4-16-10/h1-4H. The lowest BCUT2D eigenvalue weighted by atomic mass is 10.2. The molecule has 0 saturated heterocycles. The van der Waals surface area contributed by atoms with Gasteiger partial charge in [-0.3, -0.25) is 4.79 Å². The Labute approximate surface area is 102 Å². The van der Waals surface area contributed by atoms with Crippen LogP contribution in [-0.4, -0.2) is 11.3 Å². The van der Waals surface area contributed by atoms with Gasteiger partial charge in [0, 0.05) is 10.9 Å². The quantitative estimate of drug-likeness (QED) is 0.626. The Bertz CT molecular complexity index is 556. The number of carbonyl (C=O) groups is 1. The van der Waals surface area contributed by atoms with E-state index in [-0.39, 0.29) is 10.2 Å². The first-order valence-corrected chi connectivity index (χ1v) is 5.85. The Balaban J connectivity index is 2.56. The Morgan fingerprint density at radius 2 is 2.12 bits per heavy atom. The molecule has 1 aromatic carbocycles. The number of hydrogen-bond acceptors (Lipinski definition) is 3. The number of aldehydes is 1. The minimum atomic E-state index is -0.958. The predicted molar refractivity (Wildman–Crippen MR) is 60.6 cm³/mol. The maximum absolute atomic E-state index is 13.3. The monoisotopic (exact) mass is 303 g/mol. The Kier molecular flexibility index (Phi) is 3.11. The second-order valence-electron chi connectivity index (χ2n) is 2.92. The second-order valence-corrected chi connectivity index (χ2v) is 4.57. The van der Waals surface area contributed by atoms with E-state index in [1.165, 1.54) is 17.4 Å². The average molecular weight is 304 g/mol. The van der Waals surface area contributed by atoms with Crippen LogP contribution in [0.2, 0.25) is 0 Å². The highest BCUT2D eigenvalue weighted by Crippen LogP contribution is 2.33. The van der Waals surface area contributed by atoms with E-state index in [9.17, 15) is 13.6 Å². The van der Waals surface area contributed by atoms with Crippen molar-refractivity contribution in [3.63, 3.8) is 0 Å². The summed E-state index contributed by atoms with van der Waals surface area (Å²) in [4.78, 5) is 14.4. The molecule has 82 valence electrons. The molecule has 0 saturated carbocycles. The molecule has 6 heteroatoms. The lowest BCUT2D eigenvalue weighted by Gasteiger charge is -2.02. The number of nitrogens with zero attached hydrogens (tertiary/aromatic N) is 1. The molecular formula is C10H4BrF2NOS. The average Bonchev–Trinajstić information content (AvgIpc) is 2.74. The van der Waals surface area contributed by atoms with Gasteiger partial charge in [0.15, 0.2) is 17.9 Å². The zero-order chi connectivity index (χ0) is 11.7. The number of halogens is 3. The number of benzene rings is 1. The lowest BCUT2D eigenvalue weighted by molar-refractivity contribution is 0.111. The van der Waals surface area contributed by atoms with Crippen LogP contribution in [0.5, 0.6) is 0 Å². The van der Waals surface area contributed by atoms with Crippen LogP contribution < -0.4 is 0 Å². The van der Waals surface area contributed by atoms with E-state index >= 15 is 0 Å². The van der Waals surface area contributed by atoms with Crippen molar-refractivity contribution in [2.75, 3.05) is 0 Å². The molecule has 1 aromatic heterocycles. The van der Waals surface area contributed by atoms with E-state index in [1.807, 2.05) is 0 Å². The molecule has 2 rings (SSSR count). The summed E-state index contributed by atoms with van der Waals surface area (Å²) in [7, 11) is 0. The third-order valence-electron chi connectivity index (χ3n) is 1.91. The SMILES string of the molecule is O=Cc1csc(-c2ccc(F)c(F)c2Br)n1. The van der Waals surface area contributed by atoms with Gasteiger partial charge < -0.3 is 0 Å². The van der Waals surface area contributed by atoms with Crippen LogP contribution in [0.3, 0.4) is 0 Å². The van der Waals surface area contributed by atoms with Crippen molar-refractivity contribution in [2.24, 2.45) is 0 Å². The molecule has 16 heavy (non-hydrogen) atoms. The minimum absolute atomic E-state index is 0.0132. The predicted octanol–water partition coefficient (Wildman–Crippen LogP) is 3.66. The van der Waals surface area contributed by atoms with E-state index in [4.69, 9.17) is 0 Å². The molecule has 0 aliphatic carbocycles. The summed E-state index contributed by atoms with van der Waals surface area (Å²) in [5.74, 6) is -1.89. The molecule has 0 radical (unpaired) electrons. The van der Waals surface area contributed by atoms with Gasteiger partial charge in [0.05, 0.1) is 4.47 Å². The molecular weight excluding hydrogens is 300 g/mol. The fourth-order valence-electron chi connectivity index (χ4n) is 1.16. The summed E-state index contributed by atoms with van der Waals surface area (Å²) in [6, 6.07) is 2.44. The number of aromatic nitrogens is 1. The number of hydrogen-bond donors (Lipinski definition) is 0. The molecule has 0 amide bonds. The minimum Gasteiger partial charge on any atom is -0.296 e. The van der Waals surface area contributed by atoms with Gasteiger partial charge in [0.2, 0.25) is 0 Å². The highest BCUT2D eigenvalue weighted by molar-refractivity contribution is 9.10. The first kappa shape index (κ1) is 11.3. The third-order valence-corrected chi connectivity index (χ3v) is 3.58. The van der Waals surface area contributed by atoms with Gasteiger partial charge in [0.25, 0.3) is 0 Å². The van der Waals surface area contributed by atoms with E-state index in [1.54, 1.807) is 5.38 Å². The van der Waals surface area contributed by atoms with Crippen molar-refractivity contribution >= 4 is 33.6 Å². The van der Waals surface area contributed by atoms with Crippen LogP contribution in [0.15, 0.2) is 22.0 Å². The van der Waals surface area contributed by atoms with Crippen molar-refractivity contribution in [3.8, 4) is 10.6 Å². The van der Waals surface area contributed by atoms with Crippen molar-refractivity contribution < 1.29 is 13.6 Å². The molecule has 0 unspecified atom stereocenters. The van der Waals surface area contributed by atoms with Crippen molar-refractivity contribution in [1.82, 2.24) is 4.98 Å². The van der Waals surface area contributed by atoms with Crippen molar-refractivity contribution in [2.45, 2.75) is 0 Å². The smallest absolute Gasteiger partial charge is 0.173 e. The van der Waals surface area contributed by atoms with E-state index < -0.39 is 11.6 Å². The fraction of sp³-hybridized carbons (Fsp3) is 0. The molecule has 0 N–H and O–H groups in total. The van der Waals surface area contributed by atoms with Crippen molar-refractivity contribution in [3.05, 3.63) is 39.3 Å². The summed E-state index contributed by atoms with van der Waals surface area (Å²) in [6.07, 6.45) is 0.605. The van der Waals surface area contributed by atoms with Crippen molar-refractivity contribution in [1.29, 1.82) is 0 Å². The third kappa shape index (κ3) is 1.90. The van der Waals surface area contributed by atoms with Crippen LogP contribution >= 0.6 is 27.3 Å². The molecule has 0 bridgehead atoms. The number of rotatable bonds is 2. The molecule has 0 atom stereocenters. The maximum atomic E-state index is 13.3. The normalized spacial score (nSPS) is 10.4. The topological polar surface area (TPSA) is 30.0 Å². The van der Waals surface area contributed by atoms with Gasteiger partial charge in [-0.25, -0.2) is 13.8 Å². The van der Waals surface area contributed by atoms with Crippen LogP contribution in [0.25, 0.3) is 10.6 Å². The molecule has 0 aliphatic rings. The molecule has 2 aromatic rings. The summed E-state index contributed by atoms with van der Waals surface area (Å²) >= 11 is 4.16. The van der Waals surface area contributed by atoms with Crippen LogP contribution in [0.1, 0.15) is 10.5 Å². The fourth-order valence-corrected chi connectivity index (χ4v) is 2.59. The molecule has 0 aliphatic heterocycles. The Morgan fingerprint density at radius 3 is 2.75 bits per heavy atom. The zero-order valence-corrected chi connectivity index (χ0v) is 10.1. The zero-order valence-electron chi connectivity index (χ0n) is 7.71. The molecule has 1 heterocycles. The van der Waals surface area contributed by atoms with Gasteiger partial charge in [-0.15, -0.1) is 11.3 Å². The van der Waals surface area contributed by atoms with Gasteiger partial charge >= 0.3 is 0 Å². The maximum Gasteiger partial charge on any atom is 0.173 e. The van der Waals surface area contributed by atoms with E-state index in [0.29, 0.717) is 16.9 Å². The molecule has 0 fully saturated rings. The summed E-state index contributed by atoms with van der Waals surface area (Å²) < 4.78 is 26.1. The Morgan fingerprint density at radius 1 is 1.38 bits per heavy atom. The first-order chi connectivity index (χ1) is 7.63. The number of carbonyl (C=O) groups excluding carboxylic acids is 1. The van der Waals surface area contributed by atoms with Crippen LogP contribution in [0, 0.1) is 11.6 Å². The summed E-state index contributed by atoms with van der Waals surface area (Å²) in [6.45, 7) is 0. The highest BCUT2D eigenvalue weighted by atomic mass is 79.9. The van der Waals surface area contributed by atoms with Crippen LogP contribution in [-0.2, 0) is 0 Å². The lowest BCUT2D eigenvalue weighted by Crippen LogP contribution is -1.89. The van der Waals surface area contributed by atoms with Crippen LogP contribution in [0.4, 0.5) is 8.78 Å². The first-order valence-electron chi connectivity index (χ1n) is 4.18. The van der Waals surface area contributed by atoms with E-state index in [2.05, 4.69) is 20.9 Å². The largest absolute Gasteiger partial charge is 0.296 e. The Hall–Kier alpha value is -1.14. The van der Waals surface area contributed by atoms with Gasteiger partial charge in [-0.1, -0.05) is 0 Å².